The van der Waals surface area contributed by atoms with Crippen LogP contribution in [-0.4, -0.2) is 78.9 Å². The molecule has 2 rings (SSSR count). The van der Waals surface area contributed by atoms with Crippen LogP contribution in [0.2, 0.25) is 0 Å². The Balaban J connectivity index is 1.98. The number of carbonyl (C=O) groups excluding carboxylic acids is 1. The van der Waals surface area contributed by atoms with Crippen LogP contribution in [-0.2, 0) is 9.53 Å². The number of nitrogens with zero attached hydrogens (tertiary/aromatic N) is 2. The third-order valence-corrected chi connectivity index (χ3v) is 4.24. The summed E-state index contributed by atoms with van der Waals surface area (Å²) in [4.78, 5) is 27.5. The Hall–Kier alpha value is -1.34. The molecule has 2 saturated heterocycles. The monoisotopic (exact) mass is 285 g/mol. The van der Waals surface area contributed by atoms with E-state index in [0.717, 1.165) is 25.9 Å². The Bertz CT molecular complexity index is 382. The van der Waals surface area contributed by atoms with Gasteiger partial charge in [-0.25, -0.2) is 9.59 Å². The first-order valence-corrected chi connectivity index (χ1v) is 6.99. The zero-order valence-corrected chi connectivity index (χ0v) is 12.1. The van der Waals surface area contributed by atoms with Gasteiger partial charge in [-0.05, 0) is 26.4 Å². The second-order valence-corrected chi connectivity index (χ2v) is 5.79. The van der Waals surface area contributed by atoms with Gasteiger partial charge in [-0.2, -0.15) is 0 Å². The van der Waals surface area contributed by atoms with Crippen molar-refractivity contribution < 1.29 is 19.4 Å². The van der Waals surface area contributed by atoms with E-state index >= 15 is 0 Å². The minimum atomic E-state index is -1.27. The molecule has 114 valence electrons. The van der Waals surface area contributed by atoms with Crippen molar-refractivity contribution in [2.24, 2.45) is 0 Å². The number of ether oxygens (including phenoxy) is 1. The van der Waals surface area contributed by atoms with Crippen LogP contribution in [0.3, 0.4) is 0 Å². The summed E-state index contributed by atoms with van der Waals surface area (Å²) in [5.74, 6) is -1.03. The van der Waals surface area contributed by atoms with Crippen LogP contribution in [0.25, 0.3) is 0 Å². The molecule has 2 amide bonds. The highest BCUT2D eigenvalue weighted by molar-refractivity contribution is 5.86. The van der Waals surface area contributed by atoms with Crippen molar-refractivity contribution in [2.75, 3.05) is 40.4 Å². The van der Waals surface area contributed by atoms with Crippen molar-refractivity contribution >= 4 is 12.0 Å². The first-order chi connectivity index (χ1) is 9.44. The number of carboxylic acid groups (broad SMARTS) is 1. The lowest BCUT2D eigenvalue weighted by Gasteiger charge is -2.37. The minimum Gasteiger partial charge on any atom is -0.479 e. The van der Waals surface area contributed by atoms with E-state index in [2.05, 4.69) is 10.2 Å². The molecule has 20 heavy (non-hydrogen) atoms. The molecule has 0 bridgehead atoms. The molecule has 2 heterocycles. The van der Waals surface area contributed by atoms with Gasteiger partial charge in [0, 0.05) is 32.7 Å². The normalized spacial score (nSPS) is 31.0. The fourth-order valence-electron chi connectivity index (χ4n) is 2.80. The molecular weight excluding hydrogens is 262 g/mol. The molecule has 2 fully saturated rings. The van der Waals surface area contributed by atoms with Gasteiger partial charge in [0.05, 0.1) is 6.61 Å². The number of urea groups is 1. The van der Waals surface area contributed by atoms with E-state index < -0.39 is 11.5 Å². The van der Waals surface area contributed by atoms with Crippen molar-refractivity contribution in [3.63, 3.8) is 0 Å². The number of amides is 2. The second kappa shape index (κ2) is 5.97. The van der Waals surface area contributed by atoms with Gasteiger partial charge in [-0.3, -0.25) is 0 Å². The molecule has 0 aliphatic carbocycles. The third-order valence-electron chi connectivity index (χ3n) is 4.24. The van der Waals surface area contributed by atoms with E-state index in [-0.39, 0.29) is 18.7 Å². The molecule has 2 atom stereocenters. The molecular formula is C13H23N3O4. The fraction of sp³-hybridized carbons (Fsp3) is 0.846. The number of likely N-dealkylation sites (tertiary alicyclic amines) is 1. The standard InChI is InChI=1S/C13H23N3O4/c1-15-6-3-4-10(8-15)16(2)12(19)14-13(11(17)18)5-7-20-9-13/h10H,3-9H2,1-2H3,(H,14,19)(H,17,18). The minimum absolute atomic E-state index is 0.0342. The Kier molecular flexibility index (Phi) is 4.49. The Morgan fingerprint density at radius 3 is 2.80 bits per heavy atom. The number of piperidine rings is 1. The predicted molar refractivity (Wildman–Crippen MR) is 72.6 cm³/mol. The van der Waals surface area contributed by atoms with Crippen molar-refractivity contribution in [3.05, 3.63) is 0 Å². The van der Waals surface area contributed by atoms with Gasteiger partial charge in [0.25, 0.3) is 0 Å². The van der Waals surface area contributed by atoms with Gasteiger partial charge < -0.3 is 25.0 Å². The summed E-state index contributed by atoms with van der Waals surface area (Å²) in [5, 5.41) is 12.0. The summed E-state index contributed by atoms with van der Waals surface area (Å²) < 4.78 is 5.14. The molecule has 0 radical (unpaired) electrons. The topological polar surface area (TPSA) is 82.1 Å². The van der Waals surface area contributed by atoms with Crippen LogP contribution in [0, 0.1) is 0 Å². The highest BCUT2D eigenvalue weighted by Gasteiger charge is 2.45. The summed E-state index contributed by atoms with van der Waals surface area (Å²) in [5.41, 5.74) is -1.27. The van der Waals surface area contributed by atoms with Crippen LogP contribution < -0.4 is 5.32 Å². The maximum atomic E-state index is 12.3. The van der Waals surface area contributed by atoms with E-state index in [1.165, 1.54) is 0 Å². The van der Waals surface area contributed by atoms with Crippen LogP contribution in [0.1, 0.15) is 19.3 Å². The van der Waals surface area contributed by atoms with Crippen LogP contribution in [0.5, 0.6) is 0 Å². The van der Waals surface area contributed by atoms with Gasteiger partial charge in [-0.15, -0.1) is 0 Å². The Morgan fingerprint density at radius 2 is 2.25 bits per heavy atom. The Morgan fingerprint density at radius 1 is 1.50 bits per heavy atom. The zero-order chi connectivity index (χ0) is 14.8. The van der Waals surface area contributed by atoms with Gasteiger partial charge in [0.2, 0.25) is 0 Å². The molecule has 0 saturated carbocycles. The van der Waals surface area contributed by atoms with Crippen molar-refractivity contribution in [1.29, 1.82) is 0 Å². The lowest BCUT2D eigenvalue weighted by atomic mass is 9.99. The average Bonchev–Trinajstić information content (AvgIpc) is 2.87. The largest absolute Gasteiger partial charge is 0.479 e. The van der Waals surface area contributed by atoms with Gasteiger partial charge in [0.1, 0.15) is 0 Å². The number of carbonyl (C=O) groups is 2. The summed E-state index contributed by atoms with van der Waals surface area (Å²) in [7, 11) is 3.76. The summed E-state index contributed by atoms with van der Waals surface area (Å²) in [6.45, 7) is 2.26. The molecule has 7 nitrogen and oxygen atoms in total. The lowest BCUT2D eigenvalue weighted by molar-refractivity contribution is -0.144. The summed E-state index contributed by atoms with van der Waals surface area (Å²) in [6.07, 6.45) is 2.31. The summed E-state index contributed by atoms with van der Waals surface area (Å²) in [6, 6.07) is -0.208. The molecule has 2 aliphatic heterocycles. The van der Waals surface area contributed by atoms with Crippen LogP contribution in [0.4, 0.5) is 4.79 Å². The number of likely N-dealkylation sites (N-methyl/N-ethyl adjacent to an activating group) is 2. The zero-order valence-electron chi connectivity index (χ0n) is 12.1. The van der Waals surface area contributed by atoms with Crippen LogP contribution >= 0.6 is 0 Å². The van der Waals surface area contributed by atoms with Crippen molar-refractivity contribution in [1.82, 2.24) is 15.1 Å². The van der Waals surface area contributed by atoms with Gasteiger partial charge in [0.15, 0.2) is 5.54 Å². The quantitative estimate of drug-likeness (QED) is 0.761. The lowest BCUT2D eigenvalue weighted by Crippen LogP contribution is -2.60. The first-order valence-electron chi connectivity index (χ1n) is 6.99. The number of carboxylic acids is 1. The van der Waals surface area contributed by atoms with Crippen LogP contribution in [0.15, 0.2) is 0 Å². The number of rotatable bonds is 3. The Labute approximate surface area is 118 Å². The van der Waals surface area contributed by atoms with E-state index in [4.69, 9.17) is 4.74 Å². The number of nitrogens with one attached hydrogen (secondary N) is 1. The molecule has 0 aromatic rings. The third kappa shape index (κ3) is 3.04. The number of hydrogen-bond acceptors (Lipinski definition) is 4. The molecule has 0 spiro atoms. The van der Waals surface area contributed by atoms with Gasteiger partial charge in [-0.1, -0.05) is 0 Å². The van der Waals surface area contributed by atoms with Gasteiger partial charge >= 0.3 is 12.0 Å². The second-order valence-electron chi connectivity index (χ2n) is 5.79. The molecule has 2 N–H and O–H groups in total. The molecule has 0 aromatic carbocycles. The summed E-state index contributed by atoms with van der Waals surface area (Å²) >= 11 is 0. The predicted octanol–water partition coefficient (Wildman–Crippen LogP) is -0.0343. The van der Waals surface area contributed by atoms with E-state index in [0.29, 0.717) is 13.0 Å². The van der Waals surface area contributed by atoms with Crippen molar-refractivity contribution in [2.45, 2.75) is 30.8 Å². The van der Waals surface area contributed by atoms with Crippen molar-refractivity contribution in [3.8, 4) is 0 Å². The smallest absolute Gasteiger partial charge is 0.332 e. The maximum absolute atomic E-state index is 12.3. The number of aliphatic carboxylic acids is 1. The molecule has 2 aliphatic rings. The average molecular weight is 285 g/mol. The molecule has 2 unspecified atom stereocenters. The SMILES string of the molecule is CN1CCCC(N(C)C(=O)NC2(C(=O)O)CCOC2)C1. The molecule has 7 heteroatoms. The number of hydrogen-bond donors (Lipinski definition) is 2. The van der Waals surface area contributed by atoms with E-state index in [1.54, 1.807) is 11.9 Å². The highest BCUT2D eigenvalue weighted by atomic mass is 16.5. The fourth-order valence-corrected chi connectivity index (χ4v) is 2.80. The highest BCUT2D eigenvalue weighted by Crippen LogP contribution is 2.20. The van der Waals surface area contributed by atoms with E-state index in [1.807, 2.05) is 7.05 Å². The maximum Gasteiger partial charge on any atom is 0.332 e. The molecule has 0 aromatic heterocycles. The van der Waals surface area contributed by atoms with E-state index in [9.17, 15) is 14.7 Å². The first kappa shape index (κ1) is 15.1.